The van der Waals surface area contributed by atoms with Crippen molar-refractivity contribution in [3.63, 3.8) is 0 Å². The van der Waals surface area contributed by atoms with Crippen molar-refractivity contribution in [1.29, 1.82) is 0 Å². The van der Waals surface area contributed by atoms with Crippen LogP contribution < -0.4 is 5.32 Å². The van der Waals surface area contributed by atoms with Gasteiger partial charge in [0.2, 0.25) is 5.89 Å². The van der Waals surface area contributed by atoms with Gasteiger partial charge in [0.05, 0.1) is 29.3 Å². The number of pyridine rings is 4. The molecule has 9 nitrogen and oxygen atoms in total. The molecular formula is C24H18N6O3. The van der Waals surface area contributed by atoms with Crippen LogP contribution in [-0.4, -0.2) is 35.9 Å². The lowest BCUT2D eigenvalue weighted by atomic mass is 9.94. The first-order chi connectivity index (χ1) is 16.1. The van der Waals surface area contributed by atoms with E-state index in [1.165, 1.54) is 24.9 Å². The molecular weight excluding hydrogens is 420 g/mol. The predicted molar refractivity (Wildman–Crippen MR) is 120 cm³/mol. The first kappa shape index (κ1) is 20.4. The van der Waals surface area contributed by atoms with Crippen molar-refractivity contribution in [1.82, 2.24) is 24.9 Å². The van der Waals surface area contributed by atoms with E-state index in [1.54, 1.807) is 49.9 Å². The number of aromatic nitrogens is 5. The molecule has 162 valence electrons. The molecule has 0 saturated heterocycles. The highest BCUT2D eigenvalue weighted by molar-refractivity contribution is 6.00. The molecule has 1 amide bonds. The minimum atomic E-state index is -2.24. The van der Waals surface area contributed by atoms with Crippen LogP contribution in [0, 0.1) is 6.92 Å². The van der Waals surface area contributed by atoms with Crippen LogP contribution in [0.4, 0.5) is 5.69 Å². The zero-order valence-electron chi connectivity index (χ0n) is 17.5. The molecule has 0 aliphatic carbocycles. The van der Waals surface area contributed by atoms with Gasteiger partial charge in [-0.05, 0) is 36.8 Å². The molecule has 5 rings (SSSR count). The largest absolute Gasteiger partial charge is 0.445 e. The van der Waals surface area contributed by atoms with E-state index in [0.717, 1.165) is 16.5 Å². The van der Waals surface area contributed by atoms with Crippen LogP contribution in [0.2, 0.25) is 0 Å². The van der Waals surface area contributed by atoms with E-state index in [0.29, 0.717) is 16.8 Å². The lowest BCUT2D eigenvalue weighted by Crippen LogP contribution is -2.43. The van der Waals surface area contributed by atoms with Gasteiger partial charge in [0.25, 0.3) is 11.5 Å². The number of hydrogen-bond acceptors (Lipinski definition) is 8. The summed E-state index contributed by atoms with van der Waals surface area (Å²) in [4.78, 5) is 34.6. The number of anilines is 1. The Kier molecular flexibility index (Phi) is 5.08. The molecule has 0 radical (unpaired) electrons. The Balaban J connectivity index is 1.54. The highest BCUT2D eigenvalue weighted by Crippen LogP contribution is 2.32. The average Bonchev–Trinajstić information content (AvgIpc) is 3.39. The van der Waals surface area contributed by atoms with Crippen molar-refractivity contribution in [2.24, 2.45) is 0 Å². The highest BCUT2D eigenvalue weighted by Gasteiger charge is 2.47. The van der Waals surface area contributed by atoms with E-state index in [-0.39, 0.29) is 11.6 Å². The lowest BCUT2D eigenvalue weighted by molar-refractivity contribution is -0.133. The van der Waals surface area contributed by atoms with Crippen LogP contribution in [-0.2, 0) is 10.4 Å². The summed E-state index contributed by atoms with van der Waals surface area (Å²) in [7, 11) is 0. The molecule has 5 aromatic rings. The summed E-state index contributed by atoms with van der Waals surface area (Å²) < 4.78 is 5.31. The third-order valence-electron chi connectivity index (χ3n) is 5.24. The van der Waals surface area contributed by atoms with Gasteiger partial charge in [-0.25, -0.2) is 4.98 Å². The van der Waals surface area contributed by atoms with E-state index < -0.39 is 11.5 Å². The molecule has 0 fully saturated rings. The third-order valence-corrected chi connectivity index (χ3v) is 5.24. The van der Waals surface area contributed by atoms with Gasteiger partial charge in [-0.2, -0.15) is 0 Å². The van der Waals surface area contributed by atoms with E-state index in [2.05, 4.69) is 30.2 Å². The number of oxazole rings is 1. The molecule has 5 heterocycles. The molecule has 2 N–H and O–H groups in total. The number of hydrogen-bond donors (Lipinski definition) is 2. The zero-order chi connectivity index (χ0) is 22.8. The summed E-state index contributed by atoms with van der Waals surface area (Å²) in [5.74, 6) is -0.965. The predicted octanol–water partition coefficient (Wildman–Crippen LogP) is 3.26. The van der Waals surface area contributed by atoms with Crippen LogP contribution in [0.3, 0.4) is 0 Å². The number of carbonyl (C=O) groups excluding carboxylic acids is 1. The Morgan fingerprint density at radius 2 is 1.82 bits per heavy atom. The lowest BCUT2D eigenvalue weighted by Gasteiger charge is -2.24. The topological polar surface area (TPSA) is 127 Å². The van der Waals surface area contributed by atoms with Crippen LogP contribution in [0.25, 0.3) is 22.0 Å². The second kappa shape index (κ2) is 8.21. The Bertz CT molecular complexity index is 1450. The Morgan fingerprint density at radius 3 is 2.64 bits per heavy atom. The Hall–Kier alpha value is -4.50. The van der Waals surface area contributed by atoms with Gasteiger partial charge in [-0.3, -0.25) is 24.7 Å². The van der Waals surface area contributed by atoms with Crippen molar-refractivity contribution < 1.29 is 14.3 Å². The number of aliphatic hydroxyl groups is 1. The van der Waals surface area contributed by atoms with E-state index >= 15 is 0 Å². The molecule has 0 spiro atoms. The minimum absolute atomic E-state index is 0.122. The van der Waals surface area contributed by atoms with Gasteiger partial charge in [0.1, 0.15) is 6.26 Å². The first-order valence-electron chi connectivity index (χ1n) is 10.1. The number of amides is 1. The summed E-state index contributed by atoms with van der Waals surface area (Å²) >= 11 is 0. The summed E-state index contributed by atoms with van der Waals surface area (Å²) in [6.07, 6.45) is 12.4. The van der Waals surface area contributed by atoms with Crippen molar-refractivity contribution in [2.45, 2.75) is 12.5 Å². The van der Waals surface area contributed by atoms with Crippen molar-refractivity contribution in [2.75, 3.05) is 5.32 Å². The summed E-state index contributed by atoms with van der Waals surface area (Å²) in [5.41, 5.74) is 1.08. The normalized spacial score (nSPS) is 12.9. The maximum Gasteiger partial charge on any atom is 0.272 e. The van der Waals surface area contributed by atoms with E-state index in [4.69, 9.17) is 4.42 Å². The van der Waals surface area contributed by atoms with Crippen molar-refractivity contribution in [3.05, 3.63) is 97.1 Å². The quantitative estimate of drug-likeness (QED) is 0.428. The van der Waals surface area contributed by atoms with Gasteiger partial charge in [-0.15, -0.1) is 0 Å². The number of nitrogens with one attached hydrogen (secondary N) is 1. The Labute approximate surface area is 188 Å². The molecule has 0 bridgehead atoms. The van der Waals surface area contributed by atoms with Gasteiger partial charge in [-0.1, -0.05) is 6.07 Å². The number of rotatable bonds is 5. The fourth-order valence-corrected chi connectivity index (χ4v) is 3.66. The van der Waals surface area contributed by atoms with Crippen LogP contribution in [0.1, 0.15) is 17.1 Å². The van der Waals surface area contributed by atoms with E-state index in [1.807, 2.05) is 12.1 Å². The number of nitrogens with zero attached hydrogens (tertiary/aromatic N) is 5. The van der Waals surface area contributed by atoms with Crippen molar-refractivity contribution >= 4 is 22.5 Å². The molecule has 9 heteroatoms. The average molecular weight is 438 g/mol. The second-order valence-corrected chi connectivity index (χ2v) is 7.40. The summed E-state index contributed by atoms with van der Waals surface area (Å²) in [6, 6.07) is 8.95. The molecule has 1 atom stereocenters. The highest BCUT2D eigenvalue weighted by atomic mass is 16.4. The van der Waals surface area contributed by atoms with Crippen LogP contribution in [0.5, 0.6) is 0 Å². The number of aryl methyl sites for hydroxylation is 1. The van der Waals surface area contributed by atoms with E-state index in [9.17, 15) is 9.90 Å². The smallest absolute Gasteiger partial charge is 0.272 e. The van der Waals surface area contributed by atoms with Gasteiger partial charge in [0.15, 0.2) is 0 Å². The molecule has 0 unspecified atom stereocenters. The molecule has 33 heavy (non-hydrogen) atoms. The maximum atomic E-state index is 13.4. The molecule has 5 aromatic heterocycles. The van der Waals surface area contributed by atoms with Crippen molar-refractivity contribution in [3.8, 4) is 11.1 Å². The first-order valence-corrected chi connectivity index (χ1v) is 10.1. The minimum Gasteiger partial charge on any atom is -0.445 e. The monoisotopic (exact) mass is 438 g/mol. The van der Waals surface area contributed by atoms with Crippen LogP contribution >= 0.6 is 0 Å². The number of fused-ring (bicyclic) bond motifs is 1. The molecule has 0 aliphatic rings. The summed E-state index contributed by atoms with van der Waals surface area (Å²) in [6.45, 7) is 1.74. The van der Waals surface area contributed by atoms with Gasteiger partial charge in [0, 0.05) is 47.5 Å². The Morgan fingerprint density at radius 1 is 1.00 bits per heavy atom. The molecule has 0 aliphatic heterocycles. The van der Waals surface area contributed by atoms with Crippen LogP contribution in [0.15, 0.2) is 84.4 Å². The fraction of sp³-hybridized carbons (Fsp3) is 0.0833. The SMILES string of the molecule is Cc1cccnc1[C@@](O)(C(=O)Nc1cncc(-c2cncc3cccnc23)c1)c1ncco1. The number of carbonyl (C=O) groups is 1. The van der Waals surface area contributed by atoms with Gasteiger partial charge >= 0.3 is 0 Å². The third kappa shape index (κ3) is 3.60. The van der Waals surface area contributed by atoms with Gasteiger partial charge < -0.3 is 14.8 Å². The maximum absolute atomic E-state index is 13.4. The standard InChI is InChI=1S/C24H18N6O3/c1-15-4-2-7-28-21(15)24(32,23-29-8-9-33-23)22(31)30-18-10-17(12-25-13-18)19-14-26-11-16-5-3-6-27-20(16)19/h2-14,32H,1H3,(H,30,31)/t24-/m1/s1. The summed E-state index contributed by atoms with van der Waals surface area (Å²) in [5, 5.41) is 15.1. The second-order valence-electron chi connectivity index (χ2n) is 7.40. The zero-order valence-corrected chi connectivity index (χ0v) is 17.5. The molecule has 0 aromatic carbocycles. The fourth-order valence-electron chi connectivity index (χ4n) is 3.66. The molecule has 0 saturated carbocycles.